The lowest BCUT2D eigenvalue weighted by atomic mass is 9.82. The van der Waals surface area contributed by atoms with E-state index in [1.54, 1.807) is 0 Å². The van der Waals surface area contributed by atoms with Crippen LogP contribution < -0.4 is 0 Å². The first-order valence-corrected chi connectivity index (χ1v) is 6.69. The molecule has 0 aliphatic heterocycles. The summed E-state index contributed by atoms with van der Waals surface area (Å²) in [6.07, 6.45) is 0. The van der Waals surface area contributed by atoms with Gasteiger partial charge in [0.2, 0.25) is 0 Å². The van der Waals surface area contributed by atoms with Gasteiger partial charge in [0.1, 0.15) is 0 Å². The third-order valence-electron chi connectivity index (χ3n) is 3.25. The number of benzene rings is 1. The van der Waals surface area contributed by atoms with Crippen molar-refractivity contribution in [3.05, 3.63) is 28.8 Å². The predicted molar refractivity (Wildman–Crippen MR) is 78.5 cm³/mol. The molecule has 0 aliphatic carbocycles. The Bertz CT molecular complexity index is 464. The molecule has 0 radical (unpaired) electrons. The summed E-state index contributed by atoms with van der Waals surface area (Å²) in [5.41, 5.74) is 4.97. The minimum atomic E-state index is 0.410. The molecule has 2 heteroatoms. The molecule has 0 amide bonds. The van der Waals surface area contributed by atoms with Crippen LogP contribution in [0.4, 0.5) is 5.69 Å². The lowest BCUT2D eigenvalue weighted by Crippen LogP contribution is -2.05. The molecule has 0 saturated carbocycles. The minimum absolute atomic E-state index is 0.410. The van der Waals surface area contributed by atoms with Crippen LogP contribution in [0.3, 0.4) is 0 Å². The fourth-order valence-corrected chi connectivity index (χ4v) is 2.55. The minimum Gasteiger partial charge on any atom is -0.241 e. The maximum atomic E-state index is 7.08. The summed E-state index contributed by atoms with van der Waals surface area (Å²) in [6, 6.07) is 6.35. The monoisotopic (exact) mass is 244 g/mol. The summed E-state index contributed by atoms with van der Waals surface area (Å²) in [5, 5.41) is 7.08. The van der Waals surface area contributed by atoms with Crippen molar-refractivity contribution in [3.63, 3.8) is 0 Å². The van der Waals surface area contributed by atoms with Crippen LogP contribution in [0.1, 0.15) is 76.0 Å². The summed E-state index contributed by atoms with van der Waals surface area (Å²) in [4.78, 5) is 4.09. The highest BCUT2D eigenvalue weighted by atomic mass is 14.7. The van der Waals surface area contributed by atoms with E-state index in [9.17, 15) is 0 Å². The zero-order valence-corrected chi connectivity index (χ0v) is 12.3. The fraction of sp³-hybridized carbons (Fsp3) is 0.562. The molecule has 98 valence electrons. The summed E-state index contributed by atoms with van der Waals surface area (Å²) in [7, 11) is 0. The molecular weight excluding hydrogens is 220 g/mol. The van der Waals surface area contributed by atoms with E-state index in [1.807, 2.05) is 6.07 Å². The Morgan fingerprint density at radius 1 is 0.889 bits per heavy atom. The number of aliphatic imine (C=N–C) groups is 1. The van der Waals surface area contributed by atoms with Gasteiger partial charge in [-0.1, -0.05) is 47.6 Å². The SMILES string of the molecule is CC(C)c1ccc(N=C=N)c(C(C)C)c1C(C)C. The molecule has 0 atom stereocenters. The third-order valence-corrected chi connectivity index (χ3v) is 3.25. The van der Waals surface area contributed by atoms with Gasteiger partial charge in [0, 0.05) is 0 Å². The number of rotatable bonds is 4. The van der Waals surface area contributed by atoms with E-state index >= 15 is 0 Å². The quantitative estimate of drug-likeness (QED) is 0.685. The van der Waals surface area contributed by atoms with E-state index in [0.29, 0.717) is 17.8 Å². The maximum absolute atomic E-state index is 7.08. The van der Waals surface area contributed by atoms with Gasteiger partial charge in [-0.2, -0.15) is 4.99 Å². The molecule has 1 N–H and O–H groups in total. The second kappa shape index (κ2) is 5.97. The van der Waals surface area contributed by atoms with Gasteiger partial charge in [-0.05, 0) is 40.5 Å². The number of nitrogens with one attached hydrogen (secondary N) is 1. The largest absolute Gasteiger partial charge is 0.241 e. The van der Waals surface area contributed by atoms with Crippen LogP contribution in [0.5, 0.6) is 0 Å². The Balaban J connectivity index is 3.64. The van der Waals surface area contributed by atoms with Gasteiger partial charge in [-0.15, -0.1) is 0 Å². The van der Waals surface area contributed by atoms with Gasteiger partial charge in [-0.25, -0.2) is 5.41 Å². The Morgan fingerprint density at radius 3 is 1.83 bits per heavy atom. The molecule has 0 saturated heterocycles. The van der Waals surface area contributed by atoms with Gasteiger partial charge in [0.05, 0.1) is 11.7 Å². The molecule has 0 unspecified atom stereocenters. The Morgan fingerprint density at radius 2 is 1.44 bits per heavy atom. The second-order valence-corrected chi connectivity index (χ2v) is 5.69. The molecule has 18 heavy (non-hydrogen) atoms. The zero-order valence-electron chi connectivity index (χ0n) is 12.3. The molecule has 0 bridgehead atoms. The summed E-state index contributed by atoms with van der Waals surface area (Å²) in [5.74, 6) is 1.40. The van der Waals surface area contributed by atoms with Crippen molar-refractivity contribution in [2.24, 2.45) is 4.99 Å². The molecule has 0 fully saturated rings. The molecule has 1 aromatic carbocycles. The first-order chi connectivity index (χ1) is 8.40. The first kappa shape index (κ1) is 14.7. The van der Waals surface area contributed by atoms with Crippen LogP contribution in [-0.4, -0.2) is 6.01 Å². The van der Waals surface area contributed by atoms with Crippen molar-refractivity contribution in [3.8, 4) is 0 Å². The Labute approximate surface area is 111 Å². The molecule has 0 aliphatic rings. The van der Waals surface area contributed by atoms with Crippen LogP contribution in [0.25, 0.3) is 0 Å². The molecule has 0 spiro atoms. The van der Waals surface area contributed by atoms with Gasteiger partial charge < -0.3 is 0 Å². The molecule has 0 heterocycles. The van der Waals surface area contributed by atoms with Crippen LogP contribution in [-0.2, 0) is 0 Å². The Kier molecular flexibility index (Phi) is 4.86. The summed E-state index contributed by atoms with van der Waals surface area (Å²) < 4.78 is 0. The average Bonchev–Trinajstić information content (AvgIpc) is 2.27. The van der Waals surface area contributed by atoms with Crippen molar-refractivity contribution in [1.82, 2.24) is 0 Å². The van der Waals surface area contributed by atoms with Crippen LogP contribution in [0.15, 0.2) is 17.1 Å². The van der Waals surface area contributed by atoms with Crippen molar-refractivity contribution in [1.29, 1.82) is 5.41 Å². The van der Waals surface area contributed by atoms with Gasteiger partial charge in [0.25, 0.3) is 0 Å². The lowest BCUT2D eigenvalue weighted by molar-refractivity contribution is 0.749. The normalized spacial score (nSPS) is 11.2. The Hall–Kier alpha value is -1.40. The van der Waals surface area contributed by atoms with Crippen molar-refractivity contribution in [2.45, 2.75) is 59.3 Å². The highest BCUT2D eigenvalue weighted by molar-refractivity contribution is 5.61. The number of nitrogens with zero attached hydrogens (tertiary/aromatic N) is 1. The van der Waals surface area contributed by atoms with Crippen molar-refractivity contribution in [2.75, 3.05) is 0 Å². The van der Waals surface area contributed by atoms with E-state index in [1.165, 1.54) is 16.7 Å². The molecule has 1 aromatic rings. The topological polar surface area (TPSA) is 36.2 Å². The first-order valence-electron chi connectivity index (χ1n) is 6.69. The fourth-order valence-electron chi connectivity index (χ4n) is 2.55. The number of hydrogen-bond acceptors (Lipinski definition) is 2. The smallest absolute Gasteiger partial charge is 0.0918 e. The van der Waals surface area contributed by atoms with Crippen molar-refractivity contribution < 1.29 is 0 Å². The van der Waals surface area contributed by atoms with Gasteiger partial charge >= 0.3 is 0 Å². The van der Waals surface area contributed by atoms with Crippen molar-refractivity contribution >= 4 is 11.7 Å². The van der Waals surface area contributed by atoms with Crippen LogP contribution in [0, 0.1) is 5.41 Å². The third kappa shape index (κ3) is 2.88. The predicted octanol–water partition coefficient (Wildman–Crippen LogP) is 5.44. The van der Waals surface area contributed by atoms with Crippen LogP contribution >= 0.6 is 0 Å². The number of hydrogen-bond donors (Lipinski definition) is 1. The maximum Gasteiger partial charge on any atom is 0.0918 e. The van der Waals surface area contributed by atoms with Gasteiger partial charge in [0.15, 0.2) is 0 Å². The zero-order chi connectivity index (χ0) is 13.9. The van der Waals surface area contributed by atoms with E-state index in [0.717, 1.165) is 5.69 Å². The van der Waals surface area contributed by atoms with E-state index in [2.05, 4.69) is 58.6 Å². The van der Waals surface area contributed by atoms with Gasteiger partial charge in [-0.3, -0.25) is 0 Å². The van der Waals surface area contributed by atoms with E-state index in [4.69, 9.17) is 5.41 Å². The molecule has 0 aromatic heterocycles. The van der Waals surface area contributed by atoms with E-state index < -0.39 is 0 Å². The van der Waals surface area contributed by atoms with Crippen LogP contribution in [0.2, 0.25) is 0 Å². The highest BCUT2D eigenvalue weighted by Gasteiger charge is 2.19. The molecule has 1 rings (SSSR count). The lowest BCUT2D eigenvalue weighted by Gasteiger charge is -2.23. The average molecular weight is 244 g/mol. The molecular formula is C16H24N2. The summed E-state index contributed by atoms with van der Waals surface area (Å²) in [6.45, 7) is 13.3. The standard InChI is InChI=1S/C16H24N2/c1-10(2)13-7-8-14(18-9-17)16(12(5)6)15(13)11(3)4/h7-8,10-12,17H,1-6H3. The second-order valence-electron chi connectivity index (χ2n) is 5.69. The molecule has 2 nitrogen and oxygen atoms in total. The summed E-state index contributed by atoms with van der Waals surface area (Å²) >= 11 is 0. The van der Waals surface area contributed by atoms with E-state index in [-0.39, 0.29) is 0 Å². The highest BCUT2D eigenvalue weighted by Crippen LogP contribution is 2.38.